The van der Waals surface area contributed by atoms with Crippen LogP contribution in [0.1, 0.15) is 31.3 Å². The Bertz CT molecular complexity index is 776. The molecule has 0 amide bonds. The van der Waals surface area contributed by atoms with Gasteiger partial charge in [0.1, 0.15) is 5.69 Å². The molecule has 0 radical (unpaired) electrons. The first-order valence-electron chi connectivity index (χ1n) is 7.89. The molecule has 0 atom stereocenters. The maximum absolute atomic E-state index is 12.2. The predicted octanol–water partition coefficient (Wildman–Crippen LogP) is 6.38. The van der Waals surface area contributed by atoms with Crippen LogP contribution in [-0.4, -0.2) is 17.6 Å². The van der Waals surface area contributed by atoms with Crippen LogP contribution in [0.15, 0.2) is 52.3 Å². The zero-order chi connectivity index (χ0) is 17.5. The normalized spacial score (nSPS) is 10.0. The van der Waals surface area contributed by atoms with E-state index in [0.717, 1.165) is 26.2 Å². The Hall–Kier alpha value is -1.85. The van der Waals surface area contributed by atoms with Crippen molar-refractivity contribution in [2.45, 2.75) is 20.8 Å². The molecule has 2 aromatic heterocycles. The van der Waals surface area contributed by atoms with Crippen LogP contribution in [0.3, 0.4) is 0 Å². The van der Waals surface area contributed by atoms with Crippen LogP contribution in [-0.2, 0) is 4.74 Å². The van der Waals surface area contributed by atoms with E-state index >= 15 is 0 Å². The van der Waals surface area contributed by atoms with Crippen LogP contribution in [0.25, 0.3) is 21.7 Å². The molecule has 0 aliphatic heterocycles. The Kier molecular flexibility index (Phi) is 6.82. The number of rotatable bonds is 4. The molecule has 1 N–H and O–H groups in total. The fourth-order valence-electron chi connectivity index (χ4n) is 2.24. The molecule has 3 aromatic rings. The van der Waals surface area contributed by atoms with Gasteiger partial charge in [-0.05, 0) is 42.1 Å². The standard InChI is InChI=1S/C17H14BrNO2S.C2H6/c1-2-21-17(20)16-13(11-5-7-12(18)8-6-11)10-14(19-16)15-4-3-9-22-15;1-2/h3-10,19H,2H2,1H3;1-2H3. The van der Waals surface area contributed by atoms with E-state index in [-0.39, 0.29) is 5.97 Å². The molecule has 0 aliphatic rings. The van der Waals surface area contributed by atoms with Crippen molar-refractivity contribution in [3.8, 4) is 21.7 Å². The Morgan fingerprint density at radius 2 is 1.92 bits per heavy atom. The second kappa shape index (κ2) is 8.85. The quantitative estimate of drug-likeness (QED) is 0.511. The number of halogens is 1. The van der Waals surface area contributed by atoms with Crippen molar-refractivity contribution in [3.63, 3.8) is 0 Å². The number of carbonyl (C=O) groups is 1. The lowest BCUT2D eigenvalue weighted by Gasteiger charge is -2.04. The van der Waals surface area contributed by atoms with Crippen molar-refractivity contribution in [3.05, 3.63) is 58.0 Å². The summed E-state index contributed by atoms with van der Waals surface area (Å²) in [6, 6.07) is 13.9. The highest BCUT2D eigenvalue weighted by Crippen LogP contribution is 2.32. The fraction of sp³-hybridized carbons (Fsp3) is 0.211. The Balaban J connectivity index is 0.00000100. The topological polar surface area (TPSA) is 42.1 Å². The Labute approximate surface area is 154 Å². The molecule has 0 saturated carbocycles. The minimum absolute atomic E-state index is 0.330. The number of hydrogen-bond acceptors (Lipinski definition) is 3. The van der Waals surface area contributed by atoms with Crippen molar-refractivity contribution in [1.82, 2.24) is 4.98 Å². The molecule has 0 aliphatic carbocycles. The van der Waals surface area contributed by atoms with Crippen LogP contribution < -0.4 is 0 Å². The number of thiophene rings is 1. The van der Waals surface area contributed by atoms with Gasteiger partial charge in [0, 0.05) is 10.0 Å². The molecule has 24 heavy (non-hydrogen) atoms. The molecule has 0 saturated heterocycles. The molecular formula is C19H20BrNO2S. The Morgan fingerprint density at radius 1 is 1.21 bits per heavy atom. The van der Waals surface area contributed by atoms with Crippen LogP contribution >= 0.6 is 27.3 Å². The minimum atomic E-state index is -0.330. The molecule has 5 heteroatoms. The number of esters is 1. The Morgan fingerprint density at radius 3 is 2.50 bits per heavy atom. The largest absolute Gasteiger partial charge is 0.461 e. The highest BCUT2D eigenvalue weighted by atomic mass is 79.9. The summed E-state index contributed by atoms with van der Waals surface area (Å²) in [6.45, 7) is 6.16. The SMILES string of the molecule is CC.CCOC(=O)c1[nH]c(-c2cccs2)cc1-c1ccc(Br)cc1. The first-order chi connectivity index (χ1) is 11.7. The average Bonchev–Trinajstić information content (AvgIpc) is 3.27. The van der Waals surface area contributed by atoms with Crippen molar-refractivity contribution >= 4 is 33.2 Å². The van der Waals surface area contributed by atoms with Crippen LogP contribution in [0.2, 0.25) is 0 Å². The number of aromatic amines is 1. The lowest BCUT2D eigenvalue weighted by molar-refractivity contribution is 0.0521. The van der Waals surface area contributed by atoms with Crippen molar-refractivity contribution in [2.75, 3.05) is 6.61 Å². The summed E-state index contributed by atoms with van der Waals surface area (Å²) in [5.41, 5.74) is 3.25. The molecule has 0 unspecified atom stereocenters. The summed E-state index contributed by atoms with van der Waals surface area (Å²) in [7, 11) is 0. The lowest BCUT2D eigenvalue weighted by Crippen LogP contribution is -2.06. The second-order valence-electron chi connectivity index (χ2n) is 4.68. The van der Waals surface area contributed by atoms with E-state index in [2.05, 4.69) is 20.9 Å². The van der Waals surface area contributed by atoms with Gasteiger partial charge in [0.2, 0.25) is 0 Å². The highest BCUT2D eigenvalue weighted by Gasteiger charge is 2.19. The molecule has 1 aromatic carbocycles. The molecule has 3 nitrogen and oxygen atoms in total. The van der Waals surface area contributed by atoms with Gasteiger partial charge in [-0.15, -0.1) is 11.3 Å². The summed E-state index contributed by atoms with van der Waals surface area (Å²) < 4.78 is 6.17. The van der Waals surface area contributed by atoms with E-state index in [1.54, 1.807) is 18.3 Å². The third-order valence-electron chi connectivity index (χ3n) is 3.24. The highest BCUT2D eigenvalue weighted by molar-refractivity contribution is 9.10. The van der Waals surface area contributed by atoms with Gasteiger partial charge in [0.15, 0.2) is 0 Å². The minimum Gasteiger partial charge on any atom is -0.461 e. The molecule has 3 rings (SSSR count). The summed E-state index contributed by atoms with van der Waals surface area (Å²) in [5, 5.41) is 2.01. The summed E-state index contributed by atoms with van der Waals surface area (Å²) >= 11 is 5.06. The molecule has 2 heterocycles. The second-order valence-corrected chi connectivity index (χ2v) is 6.54. The van der Waals surface area contributed by atoms with Crippen LogP contribution in [0, 0.1) is 0 Å². The number of carbonyl (C=O) groups excluding carboxylic acids is 1. The van der Waals surface area contributed by atoms with Gasteiger partial charge in [-0.1, -0.05) is 48.0 Å². The van der Waals surface area contributed by atoms with E-state index in [1.165, 1.54) is 0 Å². The third-order valence-corrected chi connectivity index (χ3v) is 4.67. The maximum Gasteiger partial charge on any atom is 0.355 e. The predicted molar refractivity (Wildman–Crippen MR) is 105 cm³/mol. The van der Waals surface area contributed by atoms with Gasteiger partial charge < -0.3 is 9.72 Å². The van der Waals surface area contributed by atoms with E-state index in [9.17, 15) is 4.79 Å². The summed E-state index contributed by atoms with van der Waals surface area (Å²) in [6.07, 6.45) is 0. The summed E-state index contributed by atoms with van der Waals surface area (Å²) in [4.78, 5) is 16.5. The number of benzene rings is 1. The van der Waals surface area contributed by atoms with Crippen LogP contribution in [0.4, 0.5) is 0 Å². The fourth-order valence-corrected chi connectivity index (χ4v) is 3.20. The first kappa shape index (κ1) is 18.5. The van der Waals surface area contributed by atoms with Crippen LogP contribution in [0.5, 0.6) is 0 Å². The van der Waals surface area contributed by atoms with Gasteiger partial charge in [-0.2, -0.15) is 0 Å². The van der Waals surface area contributed by atoms with Gasteiger partial charge in [0.05, 0.1) is 17.2 Å². The average molecular weight is 406 g/mol. The maximum atomic E-state index is 12.2. The third kappa shape index (κ3) is 4.16. The lowest BCUT2D eigenvalue weighted by atomic mass is 10.1. The molecule has 0 bridgehead atoms. The first-order valence-corrected chi connectivity index (χ1v) is 9.56. The molecule has 0 fully saturated rings. The number of H-pyrrole nitrogens is 1. The number of ether oxygens (including phenoxy) is 1. The van der Waals surface area contributed by atoms with E-state index < -0.39 is 0 Å². The van der Waals surface area contributed by atoms with Crippen molar-refractivity contribution in [2.24, 2.45) is 0 Å². The van der Waals surface area contributed by atoms with Crippen molar-refractivity contribution < 1.29 is 9.53 Å². The van der Waals surface area contributed by atoms with E-state index in [1.807, 2.05) is 61.7 Å². The van der Waals surface area contributed by atoms with Gasteiger partial charge >= 0.3 is 5.97 Å². The number of aromatic nitrogens is 1. The number of hydrogen-bond donors (Lipinski definition) is 1. The van der Waals surface area contributed by atoms with Gasteiger partial charge in [0.25, 0.3) is 0 Å². The monoisotopic (exact) mass is 405 g/mol. The molecule has 126 valence electrons. The zero-order valence-electron chi connectivity index (χ0n) is 13.9. The number of nitrogens with one attached hydrogen (secondary N) is 1. The van der Waals surface area contributed by atoms with Gasteiger partial charge in [-0.3, -0.25) is 0 Å². The van der Waals surface area contributed by atoms with E-state index in [4.69, 9.17) is 4.74 Å². The van der Waals surface area contributed by atoms with E-state index in [0.29, 0.717) is 12.3 Å². The van der Waals surface area contributed by atoms with Crippen molar-refractivity contribution in [1.29, 1.82) is 0 Å². The van der Waals surface area contributed by atoms with Gasteiger partial charge in [-0.25, -0.2) is 4.79 Å². The summed E-state index contributed by atoms with van der Waals surface area (Å²) in [5.74, 6) is -0.330. The molecule has 0 spiro atoms. The smallest absolute Gasteiger partial charge is 0.355 e. The molecular weight excluding hydrogens is 386 g/mol. The zero-order valence-corrected chi connectivity index (χ0v) is 16.3.